The Hall–Kier alpha value is -1.10. The van der Waals surface area contributed by atoms with Gasteiger partial charge in [-0.2, -0.15) is 0 Å². The fourth-order valence-electron chi connectivity index (χ4n) is 0.553. The number of hydrogen-bond donors (Lipinski definition) is 0. The van der Waals surface area contributed by atoms with E-state index in [1.54, 1.807) is 0 Å². The van der Waals surface area contributed by atoms with E-state index >= 15 is 0 Å². The third kappa shape index (κ3) is 2.02. The fourth-order valence-corrected chi connectivity index (χ4v) is 0.553. The van der Waals surface area contributed by atoms with Gasteiger partial charge < -0.3 is 0 Å². The topological polar surface area (TPSA) is 61.8 Å². The van der Waals surface area contributed by atoms with Gasteiger partial charge in [-0.15, -0.1) is 0 Å². The van der Waals surface area contributed by atoms with Gasteiger partial charge in [-0.05, 0) is 6.42 Å². The Balaban J connectivity index is 2.34. The molecule has 1 heterocycles. The molecule has 5 heteroatoms. The SMILES string of the molecule is O=C1CCCC(=O)OOO1. The highest BCUT2D eigenvalue weighted by Gasteiger charge is 2.13. The number of hydrogen-bond acceptors (Lipinski definition) is 5. The first kappa shape index (κ1) is 7.01. The second-order valence-electron chi connectivity index (χ2n) is 1.83. The van der Waals surface area contributed by atoms with Crippen molar-refractivity contribution in [2.45, 2.75) is 19.3 Å². The molecule has 0 aromatic carbocycles. The maximum absolute atomic E-state index is 10.4. The summed E-state index contributed by atoms with van der Waals surface area (Å²) < 4.78 is 0. The van der Waals surface area contributed by atoms with Crippen LogP contribution in [-0.4, -0.2) is 11.9 Å². The molecule has 10 heavy (non-hydrogen) atoms. The van der Waals surface area contributed by atoms with Crippen LogP contribution in [-0.2, 0) is 24.4 Å². The number of rotatable bonds is 0. The molecule has 0 radical (unpaired) electrons. The highest BCUT2D eigenvalue weighted by Crippen LogP contribution is 2.04. The van der Waals surface area contributed by atoms with Gasteiger partial charge in [0.25, 0.3) is 0 Å². The summed E-state index contributed by atoms with van der Waals surface area (Å²) in [5, 5.41) is 3.80. The molecule has 0 unspecified atom stereocenters. The summed E-state index contributed by atoms with van der Waals surface area (Å²) in [6.07, 6.45) is 0.825. The largest absolute Gasteiger partial charge is 0.346 e. The van der Waals surface area contributed by atoms with Crippen molar-refractivity contribution < 1.29 is 24.4 Å². The fraction of sp³-hybridized carbons (Fsp3) is 0.600. The van der Waals surface area contributed by atoms with Gasteiger partial charge in [-0.25, -0.2) is 9.59 Å². The van der Waals surface area contributed by atoms with E-state index in [0.29, 0.717) is 6.42 Å². The molecule has 1 fully saturated rings. The first-order valence-electron chi connectivity index (χ1n) is 2.86. The van der Waals surface area contributed by atoms with Gasteiger partial charge in [0.15, 0.2) is 0 Å². The molecule has 1 saturated heterocycles. The Morgan fingerprint density at radius 2 is 1.50 bits per heavy atom. The van der Waals surface area contributed by atoms with Crippen LogP contribution in [0.2, 0.25) is 0 Å². The van der Waals surface area contributed by atoms with Crippen LogP contribution in [0.15, 0.2) is 0 Å². The van der Waals surface area contributed by atoms with Crippen LogP contribution in [0.5, 0.6) is 0 Å². The molecule has 0 amide bonds. The smallest absolute Gasteiger partial charge is 0.260 e. The zero-order chi connectivity index (χ0) is 7.40. The van der Waals surface area contributed by atoms with Gasteiger partial charge in [-0.1, -0.05) is 0 Å². The normalized spacial score (nSPS) is 20.4. The van der Waals surface area contributed by atoms with Crippen LogP contribution in [0.25, 0.3) is 0 Å². The molecule has 0 spiro atoms. The molecule has 1 aliphatic rings. The minimum atomic E-state index is -0.521. The van der Waals surface area contributed by atoms with Gasteiger partial charge in [0, 0.05) is 17.9 Å². The molecule has 1 rings (SSSR count). The van der Waals surface area contributed by atoms with E-state index in [1.165, 1.54) is 0 Å². The Bertz CT molecular complexity index is 122. The van der Waals surface area contributed by atoms with Crippen LogP contribution >= 0.6 is 0 Å². The molecule has 56 valence electrons. The van der Waals surface area contributed by atoms with E-state index in [2.05, 4.69) is 14.8 Å². The van der Waals surface area contributed by atoms with E-state index in [4.69, 9.17) is 0 Å². The average molecular weight is 146 g/mol. The lowest BCUT2D eigenvalue weighted by molar-refractivity contribution is -0.461. The highest BCUT2D eigenvalue weighted by atomic mass is 17.5. The molecule has 1 aliphatic heterocycles. The Labute approximate surface area is 56.7 Å². The van der Waals surface area contributed by atoms with Crippen LogP contribution in [0.4, 0.5) is 0 Å². The van der Waals surface area contributed by atoms with Crippen molar-refractivity contribution >= 4 is 11.9 Å². The lowest BCUT2D eigenvalue weighted by Crippen LogP contribution is -2.14. The maximum Gasteiger partial charge on any atom is 0.346 e. The summed E-state index contributed by atoms with van der Waals surface area (Å²) in [5.74, 6) is -1.04. The van der Waals surface area contributed by atoms with Gasteiger partial charge in [0.05, 0.1) is 0 Å². The first-order chi connectivity index (χ1) is 4.79. The predicted octanol–water partition coefficient (Wildman–Crippen LogP) is 0.103. The standard InChI is InChI=1S/C5H6O5/c6-4-2-1-3-5(7)9-10-8-4/h1-3H2. The summed E-state index contributed by atoms with van der Waals surface area (Å²) in [5.41, 5.74) is 0. The zero-order valence-electron chi connectivity index (χ0n) is 5.16. The number of carbonyl (C=O) groups excluding carboxylic acids is 2. The molecule has 5 nitrogen and oxygen atoms in total. The third-order valence-corrected chi connectivity index (χ3v) is 1.02. The Morgan fingerprint density at radius 1 is 1.00 bits per heavy atom. The van der Waals surface area contributed by atoms with Crippen LogP contribution in [0, 0.1) is 0 Å². The summed E-state index contributed by atoms with van der Waals surface area (Å²) >= 11 is 0. The lowest BCUT2D eigenvalue weighted by Gasteiger charge is -2.04. The van der Waals surface area contributed by atoms with Gasteiger partial charge >= 0.3 is 11.9 Å². The van der Waals surface area contributed by atoms with Gasteiger partial charge in [0.1, 0.15) is 0 Å². The molecule has 0 bridgehead atoms. The maximum atomic E-state index is 10.4. The van der Waals surface area contributed by atoms with Crippen molar-refractivity contribution in [3.8, 4) is 0 Å². The minimum Gasteiger partial charge on any atom is -0.260 e. The molecule has 0 saturated carbocycles. The van der Waals surface area contributed by atoms with Crippen molar-refractivity contribution in [2.75, 3.05) is 0 Å². The third-order valence-electron chi connectivity index (χ3n) is 1.02. The number of carbonyl (C=O) groups is 2. The zero-order valence-corrected chi connectivity index (χ0v) is 5.16. The van der Waals surface area contributed by atoms with Crippen molar-refractivity contribution in [1.29, 1.82) is 0 Å². The molecule has 0 N–H and O–H groups in total. The van der Waals surface area contributed by atoms with E-state index in [1.807, 2.05) is 0 Å². The molecule has 0 aromatic rings. The Kier molecular flexibility index (Phi) is 2.22. The molecule has 0 atom stereocenters. The van der Waals surface area contributed by atoms with Gasteiger partial charge in [-0.3, -0.25) is 9.78 Å². The highest BCUT2D eigenvalue weighted by molar-refractivity contribution is 5.72. The summed E-state index contributed by atoms with van der Waals surface area (Å²) in [6.45, 7) is 0. The summed E-state index contributed by atoms with van der Waals surface area (Å²) in [7, 11) is 0. The van der Waals surface area contributed by atoms with Crippen LogP contribution in [0.3, 0.4) is 0 Å². The van der Waals surface area contributed by atoms with Crippen LogP contribution < -0.4 is 0 Å². The first-order valence-corrected chi connectivity index (χ1v) is 2.86. The molecule has 0 aromatic heterocycles. The van der Waals surface area contributed by atoms with Crippen molar-refractivity contribution in [1.82, 2.24) is 0 Å². The van der Waals surface area contributed by atoms with E-state index in [9.17, 15) is 9.59 Å². The van der Waals surface area contributed by atoms with Crippen molar-refractivity contribution in [3.05, 3.63) is 0 Å². The summed E-state index contributed by atoms with van der Waals surface area (Å²) in [4.78, 5) is 28.8. The lowest BCUT2D eigenvalue weighted by atomic mass is 10.2. The second kappa shape index (κ2) is 3.17. The van der Waals surface area contributed by atoms with Crippen LogP contribution in [0.1, 0.15) is 19.3 Å². The predicted molar refractivity (Wildman–Crippen MR) is 27.1 cm³/mol. The minimum absolute atomic E-state index is 0.190. The van der Waals surface area contributed by atoms with E-state index < -0.39 is 11.9 Å². The van der Waals surface area contributed by atoms with E-state index in [-0.39, 0.29) is 12.8 Å². The average Bonchev–Trinajstić information content (AvgIpc) is 1.84. The molecular formula is C5H6O5. The van der Waals surface area contributed by atoms with Gasteiger partial charge in [0.2, 0.25) is 0 Å². The summed E-state index contributed by atoms with van der Waals surface area (Å²) in [6, 6.07) is 0. The Morgan fingerprint density at radius 3 is 2.00 bits per heavy atom. The quantitative estimate of drug-likeness (QED) is 0.453. The monoisotopic (exact) mass is 146 g/mol. The molecular weight excluding hydrogens is 140 g/mol. The van der Waals surface area contributed by atoms with Crippen molar-refractivity contribution in [3.63, 3.8) is 0 Å². The van der Waals surface area contributed by atoms with Crippen molar-refractivity contribution in [2.24, 2.45) is 0 Å². The van der Waals surface area contributed by atoms with E-state index in [0.717, 1.165) is 0 Å². The second-order valence-corrected chi connectivity index (χ2v) is 1.83. The molecule has 0 aliphatic carbocycles.